The molecule has 0 N–H and O–H groups in total. The lowest BCUT2D eigenvalue weighted by Crippen LogP contribution is -2.40. The maximum Gasteiger partial charge on any atom is 0.243 e. The van der Waals surface area contributed by atoms with Crippen LogP contribution in [0.1, 0.15) is 5.56 Å². The minimum Gasteiger partial charge on any atom is -0.379 e. The molecule has 7 heteroatoms. The van der Waals surface area contributed by atoms with Gasteiger partial charge in [-0.2, -0.15) is 4.31 Å². The Labute approximate surface area is 192 Å². The van der Waals surface area contributed by atoms with Crippen LogP contribution in [-0.4, -0.2) is 45.2 Å². The molecule has 0 saturated carbocycles. The van der Waals surface area contributed by atoms with Crippen molar-refractivity contribution in [1.82, 2.24) is 4.31 Å². The third-order valence-corrected chi connectivity index (χ3v) is 7.89. The number of benzene rings is 4. The Morgan fingerprint density at radius 1 is 0.875 bits per heavy atom. The van der Waals surface area contributed by atoms with Gasteiger partial charge in [-0.25, -0.2) is 8.42 Å². The van der Waals surface area contributed by atoms with E-state index in [9.17, 15) is 8.42 Å². The van der Waals surface area contributed by atoms with Crippen molar-refractivity contribution < 1.29 is 13.2 Å². The van der Waals surface area contributed by atoms with Crippen LogP contribution in [0.2, 0.25) is 5.02 Å². The summed E-state index contributed by atoms with van der Waals surface area (Å²) >= 11 is 6.39. The fourth-order valence-corrected chi connectivity index (χ4v) is 5.60. The van der Waals surface area contributed by atoms with Gasteiger partial charge in [0.2, 0.25) is 10.0 Å². The fourth-order valence-electron chi connectivity index (χ4n) is 4.01. The normalized spacial score (nSPS) is 15.7. The molecular weight excluding hydrogens is 444 g/mol. The van der Waals surface area contributed by atoms with E-state index in [-0.39, 0.29) is 4.90 Å². The van der Waals surface area contributed by atoms with Crippen molar-refractivity contribution in [1.29, 1.82) is 0 Å². The van der Waals surface area contributed by atoms with Crippen LogP contribution < -0.4 is 0 Å². The molecule has 162 valence electrons. The number of hydrogen-bond donors (Lipinski definition) is 0. The molecule has 5 nitrogen and oxygen atoms in total. The topological polar surface area (TPSA) is 59.0 Å². The number of halogens is 1. The van der Waals surface area contributed by atoms with Crippen LogP contribution in [0.4, 0.5) is 5.69 Å². The summed E-state index contributed by atoms with van der Waals surface area (Å²) in [5.74, 6) is 0. The molecule has 0 bridgehead atoms. The summed E-state index contributed by atoms with van der Waals surface area (Å²) in [6, 6.07) is 23.1. The largest absolute Gasteiger partial charge is 0.379 e. The third-order valence-electron chi connectivity index (χ3n) is 5.67. The lowest BCUT2D eigenvalue weighted by Gasteiger charge is -2.26. The Hall–Kier alpha value is -2.77. The molecular formula is C25H21ClN2O3S. The molecule has 1 aliphatic rings. The van der Waals surface area contributed by atoms with Crippen LogP contribution in [0.3, 0.4) is 0 Å². The number of rotatable bonds is 4. The summed E-state index contributed by atoms with van der Waals surface area (Å²) in [4.78, 5) is 4.81. The molecule has 4 aromatic rings. The van der Waals surface area contributed by atoms with E-state index in [1.807, 2.05) is 24.3 Å². The van der Waals surface area contributed by atoms with Crippen molar-refractivity contribution in [2.45, 2.75) is 4.90 Å². The Morgan fingerprint density at radius 2 is 1.50 bits per heavy atom. The maximum absolute atomic E-state index is 13.1. The van der Waals surface area contributed by atoms with E-state index in [4.69, 9.17) is 16.3 Å². The van der Waals surface area contributed by atoms with Crippen LogP contribution in [0.15, 0.2) is 82.7 Å². The molecule has 1 heterocycles. The Balaban J connectivity index is 1.59. The smallest absolute Gasteiger partial charge is 0.243 e. The summed E-state index contributed by atoms with van der Waals surface area (Å²) in [5.41, 5.74) is 1.38. The first-order chi connectivity index (χ1) is 15.5. The second kappa shape index (κ2) is 8.64. The molecule has 0 aliphatic carbocycles. The molecule has 0 unspecified atom stereocenters. The summed E-state index contributed by atoms with van der Waals surface area (Å²) in [5, 5.41) is 4.77. The molecule has 1 fully saturated rings. The third kappa shape index (κ3) is 3.91. The Morgan fingerprint density at radius 3 is 2.16 bits per heavy atom. The van der Waals surface area contributed by atoms with Gasteiger partial charge in [0.05, 0.1) is 28.8 Å². The zero-order chi connectivity index (χ0) is 22.1. The Bertz CT molecular complexity index is 1390. The van der Waals surface area contributed by atoms with Gasteiger partial charge < -0.3 is 4.74 Å². The molecule has 0 amide bonds. The molecule has 0 aromatic heterocycles. The van der Waals surface area contributed by atoms with Gasteiger partial charge in [0.1, 0.15) is 0 Å². The minimum absolute atomic E-state index is 0.179. The number of ether oxygens (including phenoxy) is 1. The fraction of sp³-hybridized carbons (Fsp3) is 0.160. The van der Waals surface area contributed by atoms with Crippen LogP contribution in [0.25, 0.3) is 21.5 Å². The summed E-state index contributed by atoms with van der Waals surface area (Å²) in [7, 11) is -3.63. The molecule has 0 atom stereocenters. The van der Waals surface area contributed by atoms with Crippen molar-refractivity contribution >= 4 is 55.1 Å². The Kier molecular flexibility index (Phi) is 5.69. The van der Waals surface area contributed by atoms with Gasteiger partial charge >= 0.3 is 0 Å². The van der Waals surface area contributed by atoms with Gasteiger partial charge in [0, 0.05) is 24.9 Å². The van der Waals surface area contributed by atoms with Crippen molar-refractivity contribution in [3.05, 3.63) is 83.4 Å². The van der Waals surface area contributed by atoms with E-state index in [1.54, 1.807) is 12.3 Å². The van der Waals surface area contributed by atoms with Gasteiger partial charge in [-0.1, -0.05) is 60.1 Å². The number of hydrogen-bond acceptors (Lipinski definition) is 4. The highest BCUT2D eigenvalue weighted by Gasteiger charge is 2.26. The van der Waals surface area contributed by atoms with E-state index in [0.29, 0.717) is 37.0 Å². The molecule has 5 rings (SSSR count). The summed E-state index contributed by atoms with van der Waals surface area (Å²) < 4.78 is 32.8. The monoisotopic (exact) mass is 464 g/mol. The van der Waals surface area contributed by atoms with Gasteiger partial charge in [0.15, 0.2) is 0 Å². The van der Waals surface area contributed by atoms with Crippen molar-refractivity contribution in [3.8, 4) is 0 Å². The first-order valence-corrected chi connectivity index (χ1v) is 12.2. The van der Waals surface area contributed by atoms with Crippen LogP contribution in [-0.2, 0) is 14.8 Å². The van der Waals surface area contributed by atoms with Crippen LogP contribution in [0, 0.1) is 0 Å². The first-order valence-electron chi connectivity index (χ1n) is 10.4. The van der Waals surface area contributed by atoms with Gasteiger partial charge in [-0.15, -0.1) is 0 Å². The van der Waals surface area contributed by atoms with E-state index < -0.39 is 10.0 Å². The zero-order valence-electron chi connectivity index (χ0n) is 17.2. The standard InChI is InChI=1S/C25H21ClN2O3S/c26-24-10-9-20(32(29,30)28-11-13-31-14-12-28)16-25(24)27-17-23-21-7-3-1-5-18(21)15-19-6-2-4-8-22(19)23/h1-10,15-17H,11-14H2. The lowest BCUT2D eigenvalue weighted by molar-refractivity contribution is 0.0730. The molecule has 1 aliphatic heterocycles. The summed E-state index contributed by atoms with van der Waals surface area (Å²) in [6.45, 7) is 1.47. The number of sulfonamides is 1. The van der Waals surface area contributed by atoms with Gasteiger partial charge in [-0.05, 0) is 45.8 Å². The van der Waals surface area contributed by atoms with Crippen LogP contribution >= 0.6 is 11.6 Å². The number of aliphatic imine (C=N–C) groups is 1. The van der Waals surface area contributed by atoms with Crippen molar-refractivity contribution in [3.63, 3.8) is 0 Å². The molecule has 32 heavy (non-hydrogen) atoms. The molecule has 4 aromatic carbocycles. The quantitative estimate of drug-likeness (QED) is 0.299. The van der Waals surface area contributed by atoms with E-state index >= 15 is 0 Å². The predicted molar refractivity (Wildman–Crippen MR) is 130 cm³/mol. The summed E-state index contributed by atoms with van der Waals surface area (Å²) in [6.07, 6.45) is 1.77. The second-order valence-electron chi connectivity index (χ2n) is 7.62. The number of fused-ring (bicyclic) bond motifs is 2. The predicted octanol–water partition coefficient (Wildman–Crippen LogP) is 5.42. The SMILES string of the molecule is O=S(=O)(c1ccc(Cl)c(N=Cc2c3ccccc3cc3ccccc23)c1)N1CCOCC1. The molecule has 0 spiro atoms. The lowest BCUT2D eigenvalue weighted by atomic mass is 9.97. The van der Waals surface area contributed by atoms with E-state index in [1.165, 1.54) is 16.4 Å². The highest BCUT2D eigenvalue weighted by atomic mass is 35.5. The maximum atomic E-state index is 13.1. The highest BCUT2D eigenvalue weighted by Crippen LogP contribution is 2.31. The zero-order valence-corrected chi connectivity index (χ0v) is 18.8. The van der Waals surface area contributed by atoms with Crippen LogP contribution in [0.5, 0.6) is 0 Å². The number of morpholine rings is 1. The molecule has 1 saturated heterocycles. The van der Waals surface area contributed by atoms with Gasteiger partial charge in [0.25, 0.3) is 0 Å². The minimum atomic E-state index is -3.63. The highest BCUT2D eigenvalue weighted by molar-refractivity contribution is 7.89. The second-order valence-corrected chi connectivity index (χ2v) is 9.97. The average molecular weight is 465 g/mol. The van der Waals surface area contributed by atoms with E-state index in [0.717, 1.165) is 27.1 Å². The van der Waals surface area contributed by atoms with Crippen molar-refractivity contribution in [2.75, 3.05) is 26.3 Å². The van der Waals surface area contributed by atoms with Gasteiger partial charge in [-0.3, -0.25) is 4.99 Å². The first kappa shape index (κ1) is 21.1. The average Bonchev–Trinajstić information content (AvgIpc) is 2.83. The van der Waals surface area contributed by atoms with Crippen molar-refractivity contribution in [2.24, 2.45) is 4.99 Å². The molecule has 0 radical (unpaired) electrons. The van der Waals surface area contributed by atoms with E-state index in [2.05, 4.69) is 35.3 Å². The number of nitrogens with zero attached hydrogens (tertiary/aromatic N) is 2.